The Balaban J connectivity index is 1.42. The van der Waals surface area contributed by atoms with E-state index >= 15 is 0 Å². The van der Waals surface area contributed by atoms with Gasteiger partial charge in [-0.05, 0) is 67.6 Å². The standard InChI is InChI=1S/C32H31N3O3/c1-19-9-10-20(2)30-29(19)25-17-32(18-36,14-13-27(25)34-30)35-31(37)24-16-28(21-7-5-4-6-8-21)33-26-12-11-22(38-3)15-23(24)26/h4-12,15-16,34,36H,13-14,17-18H2,1-3H3,(H,35,37). The lowest BCUT2D eigenvalue weighted by Gasteiger charge is -2.37. The van der Waals surface area contributed by atoms with E-state index in [9.17, 15) is 9.90 Å². The molecule has 2 heterocycles. The highest BCUT2D eigenvalue weighted by Crippen LogP contribution is 2.37. The zero-order valence-electron chi connectivity index (χ0n) is 21.9. The van der Waals surface area contributed by atoms with Crippen LogP contribution in [0.5, 0.6) is 5.75 Å². The van der Waals surface area contributed by atoms with Gasteiger partial charge in [0.05, 0.1) is 36.0 Å². The van der Waals surface area contributed by atoms with Gasteiger partial charge in [0.2, 0.25) is 0 Å². The molecular formula is C32H31N3O3. The SMILES string of the molecule is COc1ccc2nc(-c3ccccc3)cc(C(=O)NC3(CO)CCc4[nH]c5c(C)ccc(C)c5c4C3)c2c1. The molecular weight excluding hydrogens is 474 g/mol. The van der Waals surface area contributed by atoms with Crippen molar-refractivity contribution in [3.63, 3.8) is 0 Å². The minimum Gasteiger partial charge on any atom is -0.497 e. The van der Waals surface area contributed by atoms with Crippen LogP contribution in [0.25, 0.3) is 33.1 Å². The molecule has 1 unspecified atom stereocenters. The van der Waals surface area contributed by atoms with E-state index in [1.807, 2.05) is 54.6 Å². The van der Waals surface area contributed by atoms with Gasteiger partial charge >= 0.3 is 0 Å². The Bertz CT molecular complexity index is 1690. The smallest absolute Gasteiger partial charge is 0.252 e. The predicted molar refractivity (Wildman–Crippen MR) is 151 cm³/mol. The highest BCUT2D eigenvalue weighted by Gasteiger charge is 2.38. The molecule has 0 aliphatic heterocycles. The number of nitrogens with zero attached hydrogens (tertiary/aromatic N) is 1. The normalized spacial score (nSPS) is 16.9. The molecule has 6 rings (SSSR count). The number of nitrogens with one attached hydrogen (secondary N) is 2. The van der Waals surface area contributed by atoms with Crippen molar-refractivity contribution in [1.29, 1.82) is 0 Å². The van der Waals surface area contributed by atoms with Gasteiger partial charge in [-0.15, -0.1) is 0 Å². The van der Waals surface area contributed by atoms with Crippen LogP contribution in [0.3, 0.4) is 0 Å². The second-order valence-electron chi connectivity index (χ2n) is 10.4. The number of aromatic nitrogens is 2. The van der Waals surface area contributed by atoms with Crippen LogP contribution < -0.4 is 10.1 Å². The molecule has 1 atom stereocenters. The van der Waals surface area contributed by atoms with Gasteiger partial charge < -0.3 is 20.1 Å². The number of hydrogen-bond donors (Lipinski definition) is 3. The number of ether oxygens (including phenoxy) is 1. The number of amides is 1. The number of aliphatic hydroxyl groups is 1. The minimum atomic E-state index is -0.767. The third-order valence-electron chi connectivity index (χ3n) is 7.94. The number of carbonyl (C=O) groups is 1. The minimum absolute atomic E-state index is 0.145. The fourth-order valence-corrected chi connectivity index (χ4v) is 5.80. The van der Waals surface area contributed by atoms with E-state index in [2.05, 4.69) is 36.3 Å². The van der Waals surface area contributed by atoms with E-state index in [1.165, 1.54) is 27.8 Å². The maximum Gasteiger partial charge on any atom is 0.252 e. The fraction of sp³-hybridized carbons (Fsp3) is 0.250. The number of H-pyrrole nitrogens is 1. The molecule has 0 radical (unpaired) electrons. The largest absolute Gasteiger partial charge is 0.497 e. The third kappa shape index (κ3) is 4.02. The zero-order chi connectivity index (χ0) is 26.4. The van der Waals surface area contributed by atoms with Crippen molar-refractivity contribution < 1.29 is 14.6 Å². The highest BCUT2D eigenvalue weighted by molar-refractivity contribution is 6.08. The van der Waals surface area contributed by atoms with Crippen LogP contribution >= 0.6 is 0 Å². The second kappa shape index (κ2) is 9.30. The quantitative estimate of drug-likeness (QED) is 0.288. The van der Waals surface area contributed by atoms with Crippen LogP contribution in [0.2, 0.25) is 0 Å². The number of rotatable bonds is 5. The lowest BCUT2D eigenvalue weighted by molar-refractivity contribution is 0.0810. The maximum absolute atomic E-state index is 14.0. The fourth-order valence-electron chi connectivity index (χ4n) is 5.80. The predicted octanol–water partition coefficient (Wildman–Crippen LogP) is 5.66. The van der Waals surface area contributed by atoms with Gasteiger partial charge in [-0.3, -0.25) is 4.79 Å². The summed E-state index contributed by atoms with van der Waals surface area (Å²) in [6.45, 7) is 4.08. The lowest BCUT2D eigenvalue weighted by atomic mass is 9.79. The van der Waals surface area contributed by atoms with Gasteiger partial charge in [0.1, 0.15) is 5.75 Å². The maximum atomic E-state index is 14.0. The molecule has 5 aromatic rings. The summed E-state index contributed by atoms with van der Waals surface area (Å²) in [5.74, 6) is 0.428. The van der Waals surface area contributed by atoms with Crippen LogP contribution in [0.15, 0.2) is 66.7 Å². The molecule has 192 valence electrons. The first-order chi connectivity index (χ1) is 18.4. The number of hydrogen-bond acceptors (Lipinski definition) is 4. The van der Waals surface area contributed by atoms with Gasteiger partial charge in [-0.2, -0.15) is 0 Å². The first-order valence-electron chi connectivity index (χ1n) is 13.0. The Hall–Kier alpha value is -4.16. The molecule has 3 aromatic carbocycles. The molecule has 6 nitrogen and oxygen atoms in total. The summed E-state index contributed by atoms with van der Waals surface area (Å²) in [6.07, 6.45) is 1.96. The Morgan fingerprint density at radius 1 is 1.08 bits per heavy atom. The van der Waals surface area contributed by atoms with Crippen molar-refractivity contribution >= 4 is 27.7 Å². The summed E-state index contributed by atoms with van der Waals surface area (Å²) in [5.41, 5.74) is 8.04. The van der Waals surface area contributed by atoms with E-state index in [0.717, 1.165) is 23.2 Å². The molecule has 0 saturated heterocycles. The summed E-state index contributed by atoms with van der Waals surface area (Å²) >= 11 is 0. The molecule has 2 aromatic heterocycles. The number of aliphatic hydroxyl groups excluding tert-OH is 1. The van der Waals surface area contributed by atoms with Gasteiger partial charge in [-0.1, -0.05) is 42.5 Å². The van der Waals surface area contributed by atoms with Crippen molar-refractivity contribution in [2.24, 2.45) is 0 Å². The van der Waals surface area contributed by atoms with Crippen LogP contribution in [0, 0.1) is 13.8 Å². The number of aromatic amines is 1. The number of carbonyl (C=O) groups excluding carboxylic acids is 1. The average molecular weight is 506 g/mol. The topological polar surface area (TPSA) is 87.2 Å². The van der Waals surface area contributed by atoms with E-state index < -0.39 is 5.54 Å². The molecule has 38 heavy (non-hydrogen) atoms. The summed E-state index contributed by atoms with van der Waals surface area (Å²) in [4.78, 5) is 22.5. The van der Waals surface area contributed by atoms with Gasteiger partial charge in [0.25, 0.3) is 5.91 Å². The van der Waals surface area contributed by atoms with Crippen molar-refractivity contribution in [2.75, 3.05) is 13.7 Å². The third-order valence-corrected chi connectivity index (χ3v) is 7.94. The summed E-state index contributed by atoms with van der Waals surface area (Å²) in [6, 6.07) is 21.5. The zero-order valence-corrected chi connectivity index (χ0v) is 21.9. The molecule has 3 N–H and O–H groups in total. The lowest BCUT2D eigenvalue weighted by Crippen LogP contribution is -2.54. The number of pyridine rings is 1. The average Bonchev–Trinajstić information content (AvgIpc) is 3.34. The van der Waals surface area contributed by atoms with E-state index in [4.69, 9.17) is 9.72 Å². The summed E-state index contributed by atoms with van der Waals surface area (Å²) in [7, 11) is 1.61. The van der Waals surface area contributed by atoms with Gasteiger partial charge in [-0.25, -0.2) is 4.98 Å². The van der Waals surface area contributed by atoms with Crippen LogP contribution in [0.1, 0.15) is 39.2 Å². The summed E-state index contributed by atoms with van der Waals surface area (Å²) in [5, 5.41) is 15.9. The van der Waals surface area contributed by atoms with Gasteiger partial charge in [0, 0.05) is 34.0 Å². The summed E-state index contributed by atoms with van der Waals surface area (Å²) < 4.78 is 5.45. The molecule has 0 fully saturated rings. The van der Waals surface area contributed by atoms with Gasteiger partial charge in [0.15, 0.2) is 0 Å². The molecule has 0 bridgehead atoms. The molecule has 1 amide bonds. The van der Waals surface area contributed by atoms with Crippen molar-refractivity contribution in [2.45, 2.75) is 38.6 Å². The monoisotopic (exact) mass is 505 g/mol. The second-order valence-corrected chi connectivity index (χ2v) is 10.4. The molecule has 0 saturated carbocycles. The van der Waals surface area contributed by atoms with Crippen LogP contribution in [0.4, 0.5) is 0 Å². The molecule has 1 aliphatic rings. The number of benzene rings is 3. The van der Waals surface area contributed by atoms with Crippen LogP contribution in [-0.4, -0.2) is 40.2 Å². The first-order valence-corrected chi connectivity index (χ1v) is 13.0. The molecule has 6 heteroatoms. The van der Waals surface area contributed by atoms with Crippen molar-refractivity contribution in [3.8, 4) is 17.0 Å². The Morgan fingerprint density at radius 2 is 1.87 bits per heavy atom. The highest BCUT2D eigenvalue weighted by atomic mass is 16.5. The Labute approximate surface area is 221 Å². The van der Waals surface area contributed by atoms with E-state index in [-0.39, 0.29) is 12.5 Å². The van der Waals surface area contributed by atoms with Crippen molar-refractivity contribution in [3.05, 3.63) is 94.7 Å². The first kappa shape index (κ1) is 24.2. The van der Waals surface area contributed by atoms with E-state index in [0.29, 0.717) is 35.1 Å². The van der Waals surface area contributed by atoms with Crippen LogP contribution in [-0.2, 0) is 12.8 Å². The number of aryl methyl sites for hydroxylation is 3. The molecule has 1 aliphatic carbocycles. The Morgan fingerprint density at radius 3 is 2.63 bits per heavy atom. The van der Waals surface area contributed by atoms with Crippen molar-refractivity contribution in [1.82, 2.24) is 15.3 Å². The molecule has 0 spiro atoms. The number of methoxy groups -OCH3 is 1. The van der Waals surface area contributed by atoms with E-state index in [1.54, 1.807) is 7.11 Å². The Kier molecular flexibility index (Phi) is 5.92. The number of fused-ring (bicyclic) bond motifs is 4.